The molecule has 2 atom stereocenters. The molecule has 1 heterocycles. The fourth-order valence-corrected chi connectivity index (χ4v) is 7.19. The lowest BCUT2D eigenvalue weighted by Crippen LogP contribution is -2.54. The molecule has 0 spiro atoms. The molecule has 4 aliphatic rings. The van der Waals surface area contributed by atoms with Crippen LogP contribution in [0.15, 0.2) is 102 Å². The number of amides is 3. The molecule has 8 rings (SSSR count). The van der Waals surface area contributed by atoms with Gasteiger partial charge in [-0.1, -0.05) is 72.3 Å². The van der Waals surface area contributed by atoms with Crippen molar-refractivity contribution in [2.75, 3.05) is 4.90 Å². The SMILES string of the molecule is O=C(Cc1ccc(Cl)cc1)N/N=C\C12c3ccccc3C(c3ccccc31)[C@H]1C(=O)N(c3ccc([N+](=O)[O-])cc3)C(=O)[C@@H]12. The predicted molar refractivity (Wildman–Crippen MR) is 160 cm³/mol. The van der Waals surface area contributed by atoms with E-state index in [4.69, 9.17) is 11.6 Å². The summed E-state index contributed by atoms with van der Waals surface area (Å²) in [4.78, 5) is 53.2. The first-order valence-corrected chi connectivity index (χ1v) is 14.1. The van der Waals surface area contributed by atoms with Gasteiger partial charge in [0.1, 0.15) is 0 Å². The summed E-state index contributed by atoms with van der Waals surface area (Å²) in [6, 6.07) is 27.8. The topological polar surface area (TPSA) is 122 Å². The van der Waals surface area contributed by atoms with Gasteiger partial charge < -0.3 is 0 Å². The Morgan fingerprint density at radius 3 is 2.12 bits per heavy atom. The van der Waals surface area contributed by atoms with Gasteiger partial charge in [-0.2, -0.15) is 5.10 Å². The number of hydrogen-bond acceptors (Lipinski definition) is 6. The molecule has 3 amide bonds. The lowest BCUT2D eigenvalue weighted by molar-refractivity contribution is -0.384. The standard InChI is InChI=1S/C33H23ClN4O5/c34-20-11-9-19(10-12-20)17-27(39)36-35-18-33-25-7-3-1-5-23(25)28(24-6-2-4-8-26(24)33)29-30(33)32(41)37(31(29)40)21-13-15-22(16-14-21)38(42)43/h1-16,18,28-30H,17H2,(H,36,39)/b35-18-/t28?,29-,30-,33?/m1/s1. The summed E-state index contributed by atoms with van der Waals surface area (Å²) in [5, 5.41) is 16.2. The molecule has 0 saturated carbocycles. The minimum atomic E-state index is -1.15. The van der Waals surface area contributed by atoms with Crippen LogP contribution in [0.2, 0.25) is 5.02 Å². The summed E-state index contributed by atoms with van der Waals surface area (Å²) in [7, 11) is 0. The van der Waals surface area contributed by atoms with Crippen LogP contribution in [0.5, 0.6) is 0 Å². The number of nitro benzene ring substituents is 1. The van der Waals surface area contributed by atoms with Crippen molar-refractivity contribution in [1.82, 2.24) is 5.43 Å². The van der Waals surface area contributed by atoms with E-state index in [2.05, 4.69) is 10.5 Å². The molecule has 2 bridgehead atoms. The highest BCUT2D eigenvalue weighted by Gasteiger charge is 2.68. The fraction of sp³-hybridized carbons (Fsp3) is 0.152. The van der Waals surface area contributed by atoms with Crippen molar-refractivity contribution in [2.45, 2.75) is 17.8 Å². The largest absolute Gasteiger partial charge is 0.274 e. The highest BCUT2D eigenvalue weighted by atomic mass is 35.5. The second-order valence-electron chi connectivity index (χ2n) is 10.9. The van der Waals surface area contributed by atoms with Gasteiger partial charge in [-0.05, 0) is 52.1 Å². The summed E-state index contributed by atoms with van der Waals surface area (Å²) in [5.41, 5.74) is 5.91. The van der Waals surface area contributed by atoms with E-state index in [-0.39, 0.29) is 35.5 Å². The third-order valence-corrected chi connectivity index (χ3v) is 8.99. The zero-order chi connectivity index (χ0) is 29.9. The number of nitro groups is 1. The van der Waals surface area contributed by atoms with Crippen molar-refractivity contribution in [3.8, 4) is 0 Å². The van der Waals surface area contributed by atoms with E-state index in [0.29, 0.717) is 5.02 Å². The van der Waals surface area contributed by atoms with Gasteiger partial charge in [0, 0.05) is 29.3 Å². The Morgan fingerprint density at radius 1 is 0.907 bits per heavy atom. The third kappa shape index (κ3) is 3.99. The molecule has 0 aromatic heterocycles. The van der Waals surface area contributed by atoms with Crippen LogP contribution >= 0.6 is 11.6 Å². The summed E-state index contributed by atoms with van der Waals surface area (Å²) in [5.74, 6) is -3.09. The van der Waals surface area contributed by atoms with Crippen molar-refractivity contribution >= 4 is 46.9 Å². The molecule has 1 N–H and O–H groups in total. The van der Waals surface area contributed by atoms with Crippen LogP contribution in [0, 0.1) is 22.0 Å². The number of nitrogens with one attached hydrogen (secondary N) is 1. The second kappa shape index (κ2) is 9.99. The molecule has 9 nitrogen and oxygen atoms in total. The number of non-ortho nitro benzene ring substituents is 1. The van der Waals surface area contributed by atoms with E-state index >= 15 is 0 Å². The number of anilines is 1. The van der Waals surface area contributed by atoms with Crippen molar-refractivity contribution in [3.05, 3.63) is 140 Å². The average molecular weight is 591 g/mol. The van der Waals surface area contributed by atoms with Crippen LogP contribution in [0.1, 0.15) is 33.7 Å². The van der Waals surface area contributed by atoms with Crippen LogP contribution in [0.4, 0.5) is 11.4 Å². The monoisotopic (exact) mass is 590 g/mol. The molecule has 4 aromatic rings. The van der Waals surface area contributed by atoms with Gasteiger partial charge in [0.15, 0.2) is 0 Å². The van der Waals surface area contributed by atoms with Crippen LogP contribution in [-0.4, -0.2) is 28.9 Å². The van der Waals surface area contributed by atoms with E-state index in [0.717, 1.165) is 32.7 Å². The lowest BCUT2D eigenvalue weighted by Gasteiger charge is -2.52. The fourth-order valence-electron chi connectivity index (χ4n) is 7.06. The minimum absolute atomic E-state index is 0.0775. The van der Waals surface area contributed by atoms with Crippen molar-refractivity contribution in [2.24, 2.45) is 16.9 Å². The molecule has 3 aliphatic carbocycles. The molecule has 4 aromatic carbocycles. The number of imide groups is 1. The van der Waals surface area contributed by atoms with E-state index in [1.54, 1.807) is 30.5 Å². The first-order chi connectivity index (χ1) is 20.8. The molecule has 10 heteroatoms. The van der Waals surface area contributed by atoms with Gasteiger partial charge in [0.05, 0.1) is 34.3 Å². The molecular weight excluding hydrogens is 568 g/mol. The maximum Gasteiger partial charge on any atom is 0.269 e. The second-order valence-corrected chi connectivity index (χ2v) is 11.3. The van der Waals surface area contributed by atoms with Crippen molar-refractivity contribution < 1.29 is 19.3 Å². The first kappa shape index (κ1) is 26.7. The zero-order valence-electron chi connectivity index (χ0n) is 22.5. The molecule has 212 valence electrons. The van der Waals surface area contributed by atoms with Gasteiger partial charge in [0.25, 0.3) is 5.69 Å². The lowest BCUT2D eigenvalue weighted by atomic mass is 9.47. The van der Waals surface area contributed by atoms with E-state index in [1.807, 2.05) is 48.5 Å². The first-order valence-electron chi connectivity index (χ1n) is 13.7. The van der Waals surface area contributed by atoms with Gasteiger partial charge in [-0.15, -0.1) is 0 Å². The Morgan fingerprint density at radius 2 is 1.51 bits per heavy atom. The minimum Gasteiger partial charge on any atom is -0.274 e. The molecule has 0 radical (unpaired) electrons. The van der Waals surface area contributed by atoms with Crippen LogP contribution < -0.4 is 10.3 Å². The summed E-state index contributed by atoms with van der Waals surface area (Å²) in [6.07, 6.45) is 1.68. The highest BCUT2D eigenvalue weighted by Crippen LogP contribution is 2.63. The summed E-state index contributed by atoms with van der Waals surface area (Å²) in [6.45, 7) is 0. The summed E-state index contributed by atoms with van der Waals surface area (Å²) >= 11 is 5.96. The quantitative estimate of drug-likeness (QED) is 0.144. The van der Waals surface area contributed by atoms with Gasteiger partial charge >= 0.3 is 0 Å². The number of halogens is 1. The van der Waals surface area contributed by atoms with Crippen molar-refractivity contribution in [3.63, 3.8) is 0 Å². The van der Waals surface area contributed by atoms with E-state index in [1.165, 1.54) is 24.3 Å². The number of benzene rings is 4. The number of rotatable bonds is 6. The maximum absolute atomic E-state index is 14.4. The van der Waals surface area contributed by atoms with Gasteiger partial charge in [-0.25, -0.2) is 10.3 Å². The third-order valence-electron chi connectivity index (χ3n) is 8.74. The zero-order valence-corrected chi connectivity index (χ0v) is 23.3. The number of hydrogen-bond donors (Lipinski definition) is 1. The smallest absolute Gasteiger partial charge is 0.269 e. The molecule has 1 saturated heterocycles. The molecule has 0 unspecified atom stereocenters. The summed E-state index contributed by atoms with van der Waals surface area (Å²) < 4.78 is 0. The normalized spacial score (nSPS) is 23.2. The van der Waals surface area contributed by atoms with Gasteiger partial charge in [0.2, 0.25) is 17.7 Å². The van der Waals surface area contributed by atoms with Crippen LogP contribution in [-0.2, 0) is 26.2 Å². The van der Waals surface area contributed by atoms with E-state index < -0.39 is 28.1 Å². The Bertz CT molecular complexity index is 1810. The van der Waals surface area contributed by atoms with Crippen molar-refractivity contribution in [1.29, 1.82) is 0 Å². The van der Waals surface area contributed by atoms with Crippen LogP contribution in [0.25, 0.3) is 0 Å². The Balaban J connectivity index is 1.33. The molecule has 43 heavy (non-hydrogen) atoms. The van der Waals surface area contributed by atoms with Crippen LogP contribution in [0.3, 0.4) is 0 Å². The number of carbonyl (C=O) groups is 3. The maximum atomic E-state index is 14.4. The molecule has 1 aliphatic heterocycles. The number of carbonyl (C=O) groups excluding carboxylic acids is 3. The Kier molecular flexibility index (Phi) is 6.21. The highest BCUT2D eigenvalue weighted by molar-refractivity contribution is 6.30. The molecule has 1 fully saturated rings. The number of hydrazone groups is 1. The molecular formula is C33H23ClN4O5. The Hall–Kier alpha value is -5.15. The van der Waals surface area contributed by atoms with E-state index in [9.17, 15) is 24.5 Å². The van der Waals surface area contributed by atoms with Gasteiger partial charge in [-0.3, -0.25) is 24.5 Å². The predicted octanol–water partition coefficient (Wildman–Crippen LogP) is 5.14. The Labute approximate surface area is 250 Å². The average Bonchev–Trinajstić information content (AvgIpc) is 3.29. The number of nitrogens with zero attached hydrogens (tertiary/aromatic N) is 3.